The van der Waals surface area contributed by atoms with E-state index in [4.69, 9.17) is 4.74 Å². The Morgan fingerprint density at radius 1 is 1.16 bits per heavy atom. The molecule has 2 aromatic rings. The third-order valence-electron chi connectivity index (χ3n) is 5.85. The fourth-order valence-corrected chi connectivity index (χ4v) is 4.59. The lowest BCUT2D eigenvalue weighted by atomic mass is 9.72. The lowest BCUT2D eigenvalue weighted by Gasteiger charge is -2.52. The molecule has 4 rings (SSSR count). The van der Waals surface area contributed by atoms with Gasteiger partial charge in [0.05, 0.1) is 18.9 Å². The van der Waals surface area contributed by atoms with Crippen molar-refractivity contribution in [3.63, 3.8) is 0 Å². The number of ether oxygens (including phenoxy) is 1. The van der Waals surface area contributed by atoms with E-state index in [2.05, 4.69) is 40.2 Å². The molecule has 2 aliphatic heterocycles. The van der Waals surface area contributed by atoms with Crippen LogP contribution in [0.1, 0.15) is 43.2 Å². The first-order chi connectivity index (χ1) is 12.2. The molecule has 0 saturated carbocycles. The highest BCUT2D eigenvalue weighted by atomic mass is 16.5. The minimum atomic E-state index is -0.801. The van der Waals surface area contributed by atoms with Gasteiger partial charge in [-0.05, 0) is 37.3 Å². The highest BCUT2D eigenvalue weighted by Crippen LogP contribution is 2.45. The van der Waals surface area contributed by atoms with E-state index in [-0.39, 0.29) is 0 Å². The second-order valence-electron chi connectivity index (χ2n) is 7.45. The number of aliphatic hydroxyl groups is 1. The van der Waals surface area contributed by atoms with Crippen molar-refractivity contribution >= 4 is 0 Å². The number of benzene rings is 1. The summed E-state index contributed by atoms with van der Waals surface area (Å²) in [7, 11) is 1.64. The molecule has 4 heteroatoms. The minimum Gasteiger partial charge on any atom is -0.495 e. The molecular weight excluding hydrogens is 312 g/mol. The Hall–Kier alpha value is -1.91. The van der Waals surface area contributed by atoms with Crippen LogP contribution in [0.25, 0.3) is 0 Å². The van der Waals surface area contributed by atoms with Gasteiger partial charge < -0.3 is 9.84 Å². The molecule has 25 heavy (non-hydrogen) atoms. The Balaban J connectivity index is 1.58. The smallest absolute Gasteiger partial charge is 0.137 e. The van der Waals surface area contributed by atoms with Gasteiger partial charge in [-0.25, -0.2) is 0 Å². The lowest BCUT2D eigenvalue weighted by Crippen LogP contribution is -2.56. The summed E-state index contributed by atoms with van der Waals surface area (Å²) in [6.45, 7) is 0.975. The van der Waals surface area contributed by atoms with Gasteiger partial charge in [0.1, 0.15) is 5.75 Å². The highest BCUT2D eigenvalue weighted by molar-refractivity contribution is 5.29. The average Bonchev–Trinajstić information content (AvgIpc) is 2.64. The third kappa shape index (κ3) is 3.29. The number of methoxy groups -OCH3 is 1. The van der Waals surface area contributed by atoms with E-state index >= 15 is 0 Å². The summed E-state index contributed by atoms with van der Waals surface area (Å²) in [6, 6.07) is 13.4. The maximum absolute atomic E-state index is 11.4. The normalized spacial score (nSPS) is 29.4. The summed E-state index contributed by atoms with van der Waals surface area (Å²) in [5.74, 6) is 0.711. The van der Waals surface area contributed by atoms with Crippen molar-refractivity contribution in [1.82, 2.24) is 9.88 Å². The monoisotopic (exact) mass is 338 g/mol. The third-order valence-corrected chi connectivity index (χ3v) is 5.85. The van der Waals surface area contributed by atoms with E-state index in [9.17, 15) is 5.11 Å². The molecule has 1 aromatic heterocycles. The van der Waals surface area contributed by atoms with Crippen LogP contribution in [0.15, 0.2) is 48.8 Å². The Bertz CT molecular complexity index is 705. The molecule has 0 spiro atoms. The topological polar surface area (TPSA) is 45.6 Å². The van der Waals surface area contributed by atoms with Crippen molar-refractivity contribution in [2.24, 2.45) is 0 Å². The lowest BCUT2D eigenvalue weighted by molar-refractivity contribution is -0.100. The summed E-state index contributed by atoms with van der Waals surface area (Å²) in [5, 5.41) is 11.4. The number of piperidine rings is 2. The number of nitrogens with zero attached hydrogens (tertiary/aromatic N) is 2. The zero-order valence-corrected chi connectivity index (χ0v) is 14.8. The van der Waals surface area contributed by atoms with E-state index in [1.165, 1.54) is 12.0 Å². The molecule has 0 radical (unpaired) electrons. The molecular formula is C21H26N2O2. The number of fused-ring (bicyclic) bond motifs is 2. The van der Waals surface area contributed by atoms with Gasteiger partial charge in [0.15, 0.2) is 0 Å². The molecule has 2 bridgehead atoms. The van der Waals surface area contributed by atoms with E-state index in [0.717, 1.165) is 37.8 Å². The van der Waals surface area contributed by atoms with Gasteiger partial charge in [-0.15, -0.1) is 0 Å². The molecule has 1 aromatic carbocycles. The molecule has 4 nitrogen and oxygen atoms in total. The number of pyridine rings is 1. The first-order valence-corrected chi connectivity index (χ1v) is 9.19. The van der Waals surface area contributed by atoms with Crippen molar-refractivity contribution in [2.45, 2.75) is 56.3 Å². The predicted molar refractivity (Wildman–Crippen MR) is 97.3 cm³/mol. The fourth-order valence-electron chi connectivity index (χ4n) is 4.59. The molecule has 2 fully saturated rings. The zero-order chi connectivity index (χ0) is 17.3. The van der Waals surface area contributed by atoms with E-state index < -0.39 is 5.60 Å². The van der Waals surface area contributed by atoms with Gasteiger partial charge in [0.25, 0.3) is 0 Å². The Kier molecular flexibility index (Phi) is 4.48. The van der Waals surface area contributed by atoms with Crippen LogP contribution in [0.5, 0.6) is 5.75 Å². The average molecular weight is 338 g/mol. The maximum atomic E-state index is 11.4. The standard InChI is InChI=1S/C21H26N2O2/c1-25-20-10-17(13-22-14-20)21(24)11-18-8-5-9-19(12-21)23(18)15-16-6-3-2-4-7-16/h2-4,6-7,10,13-14,18-19,24H,5,8-9,11-12,15H2,1H3. The summed E-state index contributed by atoms with van der Waals surface area (Å²) in [6.07, 6.45) is 8.60. The van der Waals surface area contributed by atoms with Crippen LogP contribution in [0.4, 0.5) is 0 Å². The Morgan fingerprint density at radius 3 is 2.56 bits per heavy atom. The van der Waals surface area contributed by atoms with Crippen LogP contribution >= 0.6 is 0 Å². The summed E-state index contributed by atoms with van der Waals surface area (Å²) >= 11 is 0. The second kappa shape index (κ2) is 6.77. The molecule has 2 atom stereocenters. The largest absolute Gasteiger partial charge is 0.495 e. The van der Waals surface area contributed by atoms with Crippen LogP contribution < -0.4 is 4.74 Å². The number of hydrogen-bond donors (Lipinski definition) is 1. The molecule has 2 saturated heterocycles. The SMILES string of the molecule is COc1cncc(C2(O)CC3CCCC(C2)N3Cc2ccccc2)c1. The van der Waals surface area contributed by atoms with Crippen LogP contribution in [-0.2, 0) is 12.1 Å². The van der Waals surface area contributed by atoms with Gasteiger partial charge in [0, 0.05) is 30.4 Å². The van der Waals surface area contributed by atoms with Crippen LogP contribution in [0.2, 0.25) is 0 Å². The summed E-state index contributed by atoms with van der Waals surface area (Å²) in [5.41, 5.74) is 1.45. The molecule has 3 heterocycles. The first-order valence-electron chi connectivity index (χ1n) is 9.19. The second-order valence-corrected chi connectivity index (χ2v) is 7.45. The molecule has 0 aliphatic carbocycles. The number of rotatable bonds is 4. The molecule has 1 N–H and O–H groups in total. The van der Waals surface area contributed by atoms with Crippen molar-refractivity contribution < 1.29 is 9.84 Å². The predicted octanol–water partition coefficient (Wildman–Crippen LogP) is 3.49. The van der Waals surface area contributed by atoms with Gasteiger partial charge in [-0.2, -0.15) is 0 Å². The summed E-state index contributed by atoms with van der Waals surface area (Å²) in [4.78, 5) is 6.87. The molecule has 2 unspecified atom stereocenters. The molecule has 2 aliphatic rings. The zero-order valence-electron chi connectivity index (χ0n) is 14.8. The fraction of sp³-hybridized carbons (Fsp3) is 0.476. The quantitative estimate of drug-likeness (QED) is 0.927. The Labute approximate surface area is 149 Å². The molecule has 0 amide bonds. The van der Waals surface area contributed by atoms with E-state index in [0.29, 0.717) is 17.8 Å². The highest BCUT2D eigenvalue weighted by Gasteiger charge is 2.46. The maximum Gasteiger partial charge on any atom is 0.137 e. The van der Waals surface area contributed by atoms with Gasteiger partial charge in [0.2, 0.25) is 0 Å². The van der Waals surface area contributed by atoms with Gasteiger partial charge in [-0.1, -0.05) is 36.8 Å². The number of hydrogen-bond acceptors (Lipinski definition) is 4. The van der Waals surface area contributed by atoms with Gasteiger partial charge in [-0.3, -0.25) is 9.88 Å². The minimum absolute atomic E-state index is 0.420. The molecule has 132 valence electrons. The van der Waals surface area contributed by atoms with Crippen LogP contribution in [0.3, 0.4) is 0 Å². The summed E-state index contributed by atoms with van der Waals surface area (Å²) < 4.78 is 5.30. The van der Waals surface area contributed by atoms with Crippen molar-refractivity contribution in [3.05, 3.63) is 59.9 Å². The van der Waals surface area contributed by atoms with Crippen molar-refractivity contribution in [1.29, 1.82) is 0 Å². The van der Waals surface area contributed by atoms with E-state index in [1.54, 1.807) is 19.5 Å². The van der Waals surface area contributed by atoms with Crippen LogP contribution in [-0.4, -0.2) is 34.2 Å². The number of aromatic nitrogens is 1. The van der Waals surface area contributed by atoms with Crippen LogP contribution in [0, 0.1) is 0 Å². The van der Waals surface area contributed by atoms with Gasteiger partial charge >= 0.3 is 0 Å². The Morgan fingerprint density at radius 2 is 1.88 bits per heavy atom. The van der Waals surface area contributed by atoms with E-state index in [1.807, 2.05) is 6.07 Å². The van der Waals surface area contributed by atoms with Crippen molar-refractivity contribution in [3.8, 4) is 5.75 Å². The van der Waals surface area contributed by atoms with Crippen molar-refractivity contribution in [2.75, 3.05) is 7.11 Å². The first kappa shape index (κ1) is 16.6.